The molecule has 1 aromatic carbocycles. The van der Waals surface area contributed by atoms with Gasteiger partial charge in [0.1, 0.15) is 5.69 Å². The van der Waals surface area contributed by atoms with Crippen molar-refractivity contribution >= 4 is 23.0 Å². The van der Waals surface area contributed by atoms with E-state index in [1.807, 2.05) is 0 Å². The van der Waals surface area contributed by atoms with Crippen LogP contribution in [0.25, 0.3) is 0 Å². The number of quaternary nitrogens is 1. The molecule has 0 aromatic heterocycles. The molecule has 1 unspecified atom stereocenters. The van der Waals surface area contributed by atoms with Gasteiger partial charge in [0.15, 0.2) is 5.69 Å². The molecule has 0 heterocycles. The van der Waals surface area contributed by atoms with Crippen LogP contribution in [0, 0.1) is 12.1 Å². The van der Waals surface area contributed by atoms with Crippen LogP contribution < -0.4 is 11.0 Å². The SMILES string of the molecule is Cc1cc(Cl)c(N)c([NH+]([O-])O)c1. The van der Waals surface area contributed by atoms with Crippen molar-refractivity contribution in [2.75, 3.05) is 5.73 Å². The van der Waals surface area contributed by atoms with Crippen LogP contribution in [-0.2, 0) is 0 Å². The number of aryl methyl sites for hydroxylation is 1. The molecule has 0 spiro atoms. The molecule has 1 atom stereocenters. The number of rotatable bonds is 1. The summed E-state index contributed by atoms with van der Waals surface area (Å²) >= 11 is 5.67. The van der Waals surface area contributed by atoms with Crippen LogP contribution in [0.5, 0.6) is 0 Å². The van der Waals surface area contributed by atoms with Crippen molar-refractivity contribution in [3.63, 3.8) is 0 Å². The van der Waals surface area contributed by atoms with E-state index in [-0.39, 0.29) is 16.4 Å². The summed E-state index contributed by atoms with van der Waals surface area (Å²) in [5, 5.41) is 18.5. The third-order valence-corrected chi connectivity index (χ3v) is 1.82. The molecule has 4 nitrogen and oxygen atoms in total. The molecule has 0 bridgehead atoms. The lowest BCUT2D eigenvalue weighted by molar-refractivity contribution is -0.990. The third-order valence-electron chi connectivity index (χ3n) is 1.50. The highest BCUT2D eigenvalue weighted by Crippen LogP contribution is 2.25. The van der Waals surface area contributed by atoms with E-state index in [9.17, 15) is 5.21 Å². The lowest BCUT2D eigenvalue weighted by Crippen LogP contribution is -2.99. The van der Waals surface area contributed by atoms with E-state index >= 15 is 0 Å². The number of hydrogen-bond acceptors (Lipinski definition) is 3. The molecule has 1 aromatic rings. The second kappa shape index (κ2) is 3.28. The first-order valence-electron chi connectivity index (χ1n) is 3.31. The van der Waals surface area contributed by atoms with Gasteiger partial charge >= 0.3 is 0 Å². The Labute approximate surface area is 74.7 Å². The van der Waals surface area contributed by atoms with Crippen molar-refractivity contribution in [3.05, 3.63) is 27.9 Å². The van der Waals surface area contributed by atoms with Crippen LogP contribution in [0.4, 0.5) is 11.4 Å². The molecule has 0 fully saturated rings. The van der Waals surface area contributed by atoms with Gasteiger partial charge in [-0.3, -0.25) is 0 Å². The van der Waals surface area contributed by atoms with Gasteiger partial charge in [0.25, 0.3) is 0 Å². The molecule has 0 aliphatic heterocycles. The highest BCUT2D eigenvalue weighted by molar-refractivity contribution is 6.33. The number of nitrogens with two attached hydrogens (primary N) is 1. The first-order valence-corrected chi connectivity index (χ1v) is 3.69. The van der Waals surface area contributed by atoms with Crippen LogP contribution in [0.1, 0.15) is 5.56 Å². The zero-order chi connectivity index (χ0) is 9.30. The van der Waals surface area contributed by atoms with E-state index in [1.54, 1.807) is 13.0 Å². The fraction of sp³-hybridized carbons (Fsp3) is 0.143. The van der Waals surface area contributed by atoms with Crippen LogP contribution in [0.2, 0.25) is 5.02 Å². The summed E-state index contributed by atoms with van der Waals surface area (Å²) in [6, 6.07) is 3.12. The van der Waals surface area contributed by atoms with Gasteiger partial charge in [0, 0.05) is 6.07 Å². The summed E-state index contributed by atoms with van der Waals surface area (Å²) < 4.78 is 0. The van der Waals surface area contributed by atoms with Crippen molar-refractivity contribution < 1.29 is 10.4 Å². The Kier molecular flexibility index (Phi) is 2.54. The largest absolute Gasteiger partial charge is 0.595 e. The summed E-state index contributed by atoms with van der Waals surface area (Å²) in [5.74, 6) is 0. The minimum absolute atomic E-state index is 0.0556. The normalized spacial score (nSPS) is 13.0. The molecule has 4 N–H and O–H groups in total. The van der Waals surface area contributed by atoms with Crippen LogP contribution in [-0.4, -0.2) is 5.21 Å². The fourth-order valence-electron chi connectivity index (χ4n) is 0.930. The van der Waals surface area contributed by atoms with Gasteiger partial charge in [-0.05, 0) is 18.6 Å². The maximum atomic E-state index is 10.6. The molecule has 5 heteroatoms. The molecule has 0 aliphatic rings. The number of nitrogen functional groups attached to an aromatic ring is 1. The lowest BCUT2D eigenvalue weighted by Gasteiger charge is -2.14. The van der Waals surface area contributed by atoms with E-state index in [1.165, 1.54) is 6.07 Å². The van der Waals surface area contributed by atoms with Crippen molar-refractivity contribution in [1.29, 1.82) is 0 Å². The smallest absolute Gasteiger partial charge is 0.188 e. The van der Waals surface area contributed by atoms with E-state index in [0.29, 0.717) is 0 Å². The number of anilines is 1. The standard InChI is InChI=1S/C7H9ClN2O2/c1-4-2-5(8)7(9)6(3-4)10(11)12/h2-3,10-11H,9H2,1H3. The predicted octanol–water partition coefficient (Wildman–Crippen LogP) is 0.634. The van der Waals surface area contributed by atoms with Crippen molar-refractivity contribution in [3.8, 4) is 0 Å². The Balaban J connectivity index is 3.28. The average molecular weight is 189 g/mol. The van der Waals surface area contributed by atoms with Gasteiger partial charge in [-0.1, -0.05) is 11.6 Å². The molecule has 0 saturated heterocycles. The average Bonchev–Trinajstić information content (AvgIpc) is 1.96. The zero-order valence-corrected chi connectivity index (χ0v) is 7.22. The van der Waals surface area contributed by atoms with E-state index in [4.69, 9.17) is 22.5 Å². The number of benzene rings is 1. The highest BCUT2D eigenvalue weighted by Gasteiger charge is 2.10. The van der Waals surface area contributed by atoms with Gasteiger partial charge in [0.2, 0.25) is 0 Å². The Morgan fingerprint density at radius 1 is 1.58 bits per heavy atom. The maximum absolute atomic E-state index is 10.6. The van der Waals surface area contributed by atoms with Crippen molar-refractivity contribution in [2.24, 2.45) is 0 Å². The fourth-order valence-corrected chi connectivity index (χ4v) is 1.20. The van der Waals surface area contributed by atoms with Crippen LogP contribution in [0.15, 0.2) is 12.1 Å². The molecule has 0 saturated carbocycles. The number of hydrogen-bond donors (Lipinski definition) is 3. The summed E-state index contributed by atoms with van der Waals surface area (Å²) in [5.41, 5.74) is 6.40. The maximum Gasteiger partial charge on any atom is 0.188 e. The van der Waals surface area contributed by atoms with Crippen molar-refractivity contribution in [1.82, 2.24) is 0 Å². The van der Waals surface area contributed by atoms with Gasteiger partial charge in [-0.25, -0.2) is 5.21 Å². The zero-order valence-electron chi connectivity index (χ0n) is 6.47. The van der Waals surface area contributed by atoms with Gasteiger partial charge < -0.3 is 10.9 Å². The Morgan fingerprint density at radius 3 is 2.67 bits per heavy atom. The van der Waals surface area contributed by atoms with E-state index < -0.39 is 5.23 Å². The Morgan fingerprint density at radius 2 is 2.17 bits per heavy atom. The molecular formula is C7H9ClN2O2. The first kappa shape index (κ1) is 9.28. The summed E-state index contributed by atoms with van der Waals surface area (Å²) in [6.07, 6.45) is 0. The molecule has 0 aliphatic carbocycles. The molecule has 12 heavy (non-hydrogen) atoms. The topological polar surface area (TPSA) is 73.8 Å². The predicted molar refractivity (Wildman–Crippen MR) is 46.4 cm³/mol. The molecule has 0 amide bonds. The minimum Gasteiger partial charge on any atom is -0.595 e. The summed E-state index contributed by atoms with van der Waals surface area (Å²) in [4.78, 5) is 0. The van der Waals surface area contributed by atoms with Gasteiger partial charge in [-0.15, -0.1) is 0 Å². The van der Waals surface area contributed by atoms with Gasteiger partial charge in [-0.2, -0.15) is 5.23 Å². The Bertz CT molecular complexity index is 302. The first-order chi connectivity index (χ1) is 5.52. The Hall–Kier alpha value is -0.810. The molecule has 1 rings (SSSR count). The summed E-state index contributed by atoms with van der Waals surface area (Å²) in [6.45, 7) is 1.76. The number of halogens is 1. The quantitative estimate of drug-likeness (QED) is 0.447. The molecular weight excluding hydrogens is 180 g/mol. The minimum atomic E-state index is -1.06. The second-order valence-corrected chi connectivity index (χ2v) is 2.92. The molecule has 66 valence electrons. The lowest BCUT2D eigenvalue weighted by atomic mass is 10.2. The summed E-state index contributed by atoms with van der Waals surface area (Å²) in [7, 11) is 0. The monoisotopic (exact) mass is 188 g/mol. The second-order valence-electron chi connectivity index (χ2n) is 2.51. The van der Waals surface area contributed by atoms with E-state index in [2.05, 4.69) is 0 Å². The van der Waals surface area contributed by atoms with Gasteiger partial charge in [0.05, 0.1) is 5.02 Å². The highest BCUT2D eigenvalue weighted by atomic mass is 35.5. The van der Waals surface area contributed by atoms with Crippen LogP contribution >= 0.6 is 11.6 Å². The van der Waals surface area contributed by atoms with Crippen molar-refractivity contribution in [2.45, 2.75) is 6.92 Å². The van der Waals surface area contributed by atoms with Crippen LogP contribution in [0.3, 0.4) is 0 Å². The molecule has 0 radical (unpaired) electrons. The number of nitrogens with one attached hydrogen (secondary N) is 1. The van der Waals surface area contributed by atoms with E-state index in [0.717, 1.165) is 5.56 Å². The third kappa shape index (κ3) is 1.67.